The number of fused-ring (bicyclic) bond motifs is 1. The number of H-pyrrole nitrogens is 1. The lowest BCUT2D eigenvalue weighted by Gasteiger charge is -2.17. The molecule has 156 valence electrons. The molecule has 5 rings (SSSR count). The van der Waals surface area contributed by atoms with Crippen LogP contribution in [0.2, 0.25) is 0 Å². The zero-order valence-electron chi connectivity index (χ0n) is 17.4. The second-order valence-electron chi connectivity index (χ2n) is 7.74. The van der Waals surface area contributed by atoms with Crippen LogP contribution in [0, 0.1) is 0 Å². The van der Waals surface area contributed by atoms with Crippen molar-refractivity contribution in [2.75, 3.05) is 30.4 Å². The van der Waals surface area contributed by atoms with Gasteiger partial charge in [0, 0.05) is 35.6 Å². The van der Waals surface area contributed by atoms with Crippen LogP contribution in [0.25, 0.3) is 22.4 Å². The summed E-state index contributed by atoms with van der Waals surface area (Å²) in [4.78, 5) is 23.1. The fourth-order valence-electron chi connectivity index (χ4n) is 3.97. The van der Waals surface area contributed by atoms with Gasteiger partial charge in [-0.2, -0.15) is 0 Å². The summed E-state index contributed by atoms with van der Waals surface area (Å²) < 4.78 is 5.21. The molecule has 1 fully saturated rings. The van der Waals surface area contributed by atoms with E-state index in [-0.39, 0.29) is 5.91 Å². The minimum absolute atomic E-state index is 0.127. The van der Waals surface area contributed by atoms with Crippen molar-refractivity contribution in [1.29, 1.82) is 0 Å². The third kappa shape index (κ3) is 3.97. The molecule has 4 aromatic rings. The molecular weight excluding hydrogens is 388 g/mol. The van der Waals surface area contributed by atoms with Gasteiger partial charge in [-0.05, 0) is 79.6 Å². The Balaban J connectivity index is 1.32. The number of carbonyl (C=O) groups is 1. The second-order valence-corrected chi connectivity index (χ2v) is 7.74. The highest BCUT2D eigenvalue weighted by atomic mass is 16.5. The van der Waals surface area contributed by atoms with Crippen LogP contribution < -0.4 is 15.0 Å². The first-order valence-electron chi connectivity index (χ1n) is 10.5. The number of imidazole rings is 1. The molecule has 2 N–H and O–H groups in total. The molecule has 1 aliphatic rings. The zero-order valence-corrected chi connectivity index (χ0v) is 17.4. The van der Waals surface area contributed by atoms with Gasteiger partial charge < -0.3 is 19.9 Å². The van der Waals surface area contributed by atoms with Crippen molar-refractivity contribution in [1.82, 2.24) is 9.97 Å². The summed E-state index contributed by atoms with van der Waals surface area (Å²) in [5.41, 5.74) is 5.23. The Morgan fingerprint density at radius 2 is 1.74 bits per heavy atom. The number of amides is 1. The quantitative estimate of drug-likeness (QED) is 0.479. The number of hydrogen-bond acceptors (Lipinski definition) is 4. The average molecular weight is 412 g/mol. The van der Waals surface area contributed by atoms with Crippen LogP contribution in [-0.4, -0.2) is 36.1 Å². The van der Waals surface area contributed by atoms with Crippen molar-refractivity contribution in [3.05, 3.63) is 72.3 Å². The Bertz CT molecular complexity index is 1210. The van der Waals surface area contributed by atoms with Gasteiger partial charge in [-0.15, -0.1) is 0 Å². The molecule has 1 saturated heterocycles. The van der Waals surface area contributed by atoms with Crippen LogP contribution in [0.3, 0.4) is 0 Å². The number of ether oxygens (including phenoxy) is 1. The molecule has 0 aliphatic carbocycles. The number of aromatic amines is 1. The van der Waals surface area contributed by atoms with Crippen LogP contribution in [0.5, 0.6) is 5.75 Å². The monoisotopic (exact) mass is 412 g/mol. The number of benzene rings is 3. The maximum Gasteiger partial charge on any atom is 0.255 e. The van der Waals surface area contributed by atoms with Crippen molar-refractivity contribution in [2.45, 2.75) is 12.8 Å². The fraction of sp³-hybridized carbons (Fsp3) is 0.200. The molecule has 1 aliphatic heterocycles. The van der Waals surface area contributed by atoms with Gasteiger partial charge in [0.25, 0.3) is 5.91 Å². The number of nitrogens with zero attached hydrogens (tertiary/aromatic N) is 2. The SMILES string of the molecule is COc1ccc(-c2nc3cc(NC(=O)c4ccc(N5CCCC5)cc4)ccc3[nH]2)cc1. The molecular formula is C25H24N4O2. The number of hydrogen-bond donors (Lipinski definition) is 2. The predicted octanol–water partition coefficient (Wildman–Crippen LogP) is 5.09. The standard InChI is InChI=1S/C25H24N4O2/c1-31-21-11-6-17(7-12-21)24-27-22-13-8-19(16-23(22)28-24)26-25(30)18-4-9-20(10-5-18)29-14-2-3-15-29/h4-13,16H,2-3,14-15H2,1H3,(H,26,30)(H,27,28). The van der Waals surface area contributed by atoms with Crippen molar-refractivity contribution >= 4 is 28.3 Å². The van der Waals surface area contributed by atoms with Crippen LogP contribution in [0.1, 0.15) is 23.2 Å². The van der Waals surface area contributed by atoms with Crippen molar-refractivity contribution < 1.29 is 9.53 Å². The average Bonchev–Trinajstić information content (AvgIpc) is 3.49. The number of carbonyl (C=O) groups excluding carboxylic acids is 1. The van der Waals surface area contributed by atoms with Gasteiger partial charge in [0.2, 0.25) is 0 Å². The van der Waals surface area contributed by atoms with E-state index in [1.165, 1.54) is 18.5 Å². The van der Waals surface area contributed by atoms with E-state index in [1.807, 2.05) is 66.7 Å². The summed E-state index contributed by atoms with van der Waals surface area (Å²) in [7, 11) is 1.65. The van der Waals surface area contributed by atoms with Gasteiger partial charge in [0.15, 0.2) is 0 Å². The topological polar surface area (TPSA) is 70.2 Å². The third-order valence-corrected chi connectivity index (χ3v) is 5.71. The third-order valence-electron chi connectivity index (χ3n) is 5.71. The van der Waals surface area contributed by atoms with Crippen molar-refractivity contribution in [2.24, 2.45) is 0 Å². The largest absolute Gasteiger partial charge is 0.497 e. The number of nitrogens with one attached hydrogen (secondary N) is 2. The van der Waals surface area contributed by atoms with Gasteiger partial charge in [-0.3, -0.25) is 4.79 Å². The highest BCUT2D eigenvalue weighted by Crippen LogP contribution is 2.25. The fourth-order valence-corrected chi connectivity index (χ4v) is 3.97. The van der Waals surface area contributed by atoms with E-state index in [1.54, 1.807) is 7.11 Å². The first-order valence-corrected chi connectivity index (χ1v) is 10.5. The van der Waals surface area contributed by atoms with Gasteiger partial charge in [-0.1, -0.05) is 0 Å². The molecule has 0 saturated carbocycles. The molecule has 0 atom stereocenters. The van der Waals surface area contributed by atoms with E-state index in [0.29, 0.717) is 11.3 Å². The minimum Gasteiger partial charge on any atom is -0.497 e. The highest BCUT2D eigenvalue weighted by Gasteiger charge is 2.14. The molecule has 1 aromatic heterocycles. The lowest BCUT2D eigenvalue weighted by atomic mass is 10.1. The molecule has 6 heteroatoms. The Morgan fingerprint density at radius 1 is 1.00 bits per heavy atom. The summed E-state index contributed by atoms with van der Waals surface area (Å²) in [5.74, 6) is 1.45. The summed E-state index contributed by atoms with van der Waals surface area (Å²) in [6.07, 6.45) is 2.47. The predicted molar refractivity (Wildman–Crippen MR) is 124 cm³/mol. The van der Waals surface area contributed by atoms with Crippen LogP contribution >= 0.6 is 0 Å². The zero-order chi connectivity index (χ0) is 21.2. The second kappa shape index (κ2) is 8.14. The Hall–Kier alpha value is -3.80. The lowest BCUT2D eigenvalue weighted by molar-refractivity contribution is 0.102. The number of aromatic nitrogens is 2. The van der Waals surface area contributed by atoms with E-state index >= 15 is 0 Å². The summed E-state index contributed by atoms with van der Waals surface area (Å²) in [6, 6.07) is 21.3. The van der Waals surface area contributed by atoms with Crippen LogP contribution in [-0.2, 0) is 0 Å². The number of anilines is 2. The van der Waals surface area contributed by atoms with Gasteiger partial charge in [0.1, 0.15) is 11.6 Å². The molecule has 0 radical (unpaired) electrons. The van der Waals surface area contributed by atoms with E-state index in [0.717, 1.165) is 41.3 Å². The Labute approximate surface area is 180 Å². The van der Waals surface area contributed by atoms with Gasteiger partial charge in [0.05, 0.1) is 18.1 Å². The van der Waals surface area contributed by atoms with E-state index < -0.39 is 0 Å². The van der Waals surface area contributed by atoms with E-state index in [2.05, 4.69) is 20.2 Å². The molecule has 3 aromatic carbocycles. The maximum absolute atomic E-state index is 12.7. The molecule has 31 heavy (non-hydrogen) atoms. The molecule has 0 bridgehead atoms. The molecule has 0 unspecified atom stereocenters. The Morgan fingerprint density at radius 3 is 2.45 bits per heavy atom. The Kier molecular flexibility index (Phi) is 5.04. The first-order chi connectivity index (χ1) is 15.2. The number of rotatable bonds is 5. The van der Waals surface area contributed by atoms with E-state index in [4.69, 9.17) is 4.74 Å². The first kappa shape index (κ1) is 19.2. The van der Waals surface area contributed by atoms with Crippen LogP contribution in [0.4, 0.5) is 11.4 Å². The molecule has 6 nitrogen and oxygen atoms in total. The summed E-state index contributed by atoms with van der Waals surface area (Å²) in [6.45, 7) is 2.18. The molecule has 0 spiro atoms. The summed E-state index contributed by atoms with van der Waals surface area (Å²) >= 11 is 0. The maximum atomic E-state index is 12.7. The highest BCUT2D eigenvalue weighted by molar-refractivity contribution is 6.05. The van der Waals surface area contributed by atoms with Crippen molar-refractivity contribution in [3.8, 4) is 17.1 Å². The minimum atomic E-state index is -0.127. The smallest absolute Gasteiger partial charge is 0.255 e. The van der Waals surface area contributed by atoms with Crippen LogP contribution in [0.15, 0.2) is 66.7 Å². The summed E-state index contributed by atoms with van der Waals surface area (Å²) in [5, 5.41) is 2.98. The van der Waals surface area contributed by atoms with Gasteiger partial charge in [-0.25, -0.2) is 4.98 Å². The van der Waals surface area contributed by atoms with Crippen molar-refractivity contribution in [3.63, 3.8) is 0 Å². The normalized spacial score (nSPS) is 13.5. The lowest BCUT2D eigenvalue weighted by Crippen LogP contribution is -2.18. The number of methoxy groups -OCH3 is 1. The molecule has 1 amide bonds. The molecule has 2 heterocycles. The van der Waals surface area contributed by atoms with Gasteiger partial charge >= 0.3 is 0 Å². The van der Waals surface area contributed by atoms with E-state index in [9.17, 15) is 4.79 Å².